The molecule has 1 aliphatic heterocycles. The molecule has 1 aliphatic rings. The van der Waals surface area contributed by atoms with Crippen molar-refractivity contribution in [2.45, 2.75) is 25.2 Å². The smallest absolute Gasteiger partial charge is 0.247 e. The highest BCUT2D eigenvalue weighted by Crippen LogP contribution is 2.38. The van der Waals surface area contributed by atoms with Gasteiger partial charge in [0.2, 0.25) is 26.0 Å². The van der Waals surface area contributed by atoms with Crippen LogP contribution in [0.3, 0.4) is 0 Å². The Labute approximate surface area is 181 Å². The average Bonchev–Trinajstić information content (AvgIpc) is 2.85. The summed E-state index contributed by atoms with van der Waals surface area (Å²) < 4.78 is 72.1. The Balaban J connectivity index is 1.89. The molecule has 1 N–H and O–H groups in total. The van der Waals surface area contributed by atoms with Gasteiger partial charge in [-0.1, -0.05) is 12.1 Å². The van der Waals surface area contributed by atoms with Gasteiger partial charge in [-0.25, -0.2) is 30.3 Å². The third-order valence-corrected chi connectivity index (χ3v) is 8.38. The first-order valence-electron chi connectivity index (χ1n) is 9.37. The van der Waals surface area contributed by atoms with E-state index in [-0.39, 0.29) is 34.4 Å². The van der Waals surface area contributed by atoms with E-state index in [4.69, 9.17) is 4.74 Å². The lowest BCUT2D eigenvalue weighted by Crippen LogP contribution is -2.33. The van der Waals surface area contributed by atoms with Crippen LogP contribution in [0.15, 0.2) is 47.4 Å². The maximum absolute atomic E-state index is 13.0. The van der Waals surface area contributed by atoms with Crippen LogP contribution in [0.5, 0.6) is 5.75 Å². The lowest BCUT2D eigenvalue weighted by atomic mass is 9.95. The molecule has 0 atom stereocenters. The van der Waals surface area contributed by atoms with Crippen LogP contribution in [0, 0.1) is 11.2 Å². The number of nitrogens with one attached hydrogen (secondary N) is 1. The van der Waals surface area contributed by atoms with Gasteiger partial charge < -0.3 is 4.74 Å². The van der Waals surface area contributed by atoms with Crippen LogP contribution in [0.2, 0.25) is 0 Å². The summed E-state index contributed by atoms with van der Waals surface area (Å²) in [6, 6.07) is 9.41. The summed E-state index contributed by atoms with van der Waals surface area (Å²) in [4.78, 5) is 12.3. The predicted molar refractivity (Wildman–Crippen MR) is 113 cm³/mol. The van der Waals surface area contributed by atoms with Gasteiger partial charge in [-0.15, -0.1) is 0 Å². The molecule has 3 rings (SSSR count). The number of hydrogen-bond donors (Lipinski definition) is 1. The normalized spacial score (nSPS) is 17.7. The zero-order chi connectivity index (χ0) is 23.0. The van der Waals surface area contributed by atoms with Crippen molar-refractivity contribution < 1.29 is 30.8 Å². The van der Waals surface area contributed by atoms with Gasteiger partial charge in [0.05, 0.1) is 24.0 Å². The summed E-state index contributed by atoms with van der Waals surface area (Å²) in [7, 11) is -6.75. The maximum Gasteiger partial charge on any atom is 0.247 e. The second kappa shape index (κ2) is 8.21. The largest absolute Gasteiger partial charge is 0.495 e. The van der Waals surface area contributed by atoms with Gasteiger partial charge in [0.1, 0.15) is 16.5 Å². The van der Waals surface area contributed by atoms with E-state index < -0.39 is 31.4 Å². The molecule has 1 fully saturated rings. The Morgan fingerprint density at radius 3 is 2.35 bits per heavy atom. The fourth-order valence-electron chi connectivity index (χ4n) is 3.32. The molecule has 168 valence electrons. The molecule has 0 spiro atoms. The summed E-state index contributed by atoms with van der Waals surface area (Å²) in [6.07, 6.45) is 0.314. The van der Waals surface area contributed by atoms with E-state index in [1.54, 1.807) is 12.1 Å². The number of amides is 1. The number of carbonyl (C=O) groups excluding carboxylic acids is 1. The topological polar surface area (TPSA) is 110 Å². The standard InChI is InChI=1S/C20H23FN2O6S2/c1-20(2)13-30(25,26)23(19(20)24)16-8-9-17(29-3)18(12-16)31(27,28)22-11-10-14-4-6-15(21)7-5-14/h4-9,12,22H,10-11,13H2,1-3H3. The molecule has 2 aromatic carbocycles. The summed E-state index contributed by atoms with van der Waals surface area (Å²) in [5, 5.41) is 0. The zero-order valence-electron chi connectivity index (χ0n) is 17.3. The Hall–Kier alpha value is -2.50. The average molecular weight is 471 g/mol. The van der Waals surface area contributed by atoms with Gasteiger partial charge in [0, 0.05) is 6.54 Å². The van der Waals surface area contributed by atoms with E-state index >= 15 is 0 Å². The van der Waals surface area contributed by atoms with E-state index in [0.717, 1.165) is 11.6 Å². The van der Waals surface area contributed by atoms with Crippen molar-refractivity contribution in [1.29, 1.82) is 0 Å². The van der Waals surface area contributed by atoms with Crippen LogP contribution in [0.1, 0.15) is 19.4 Å². The summed E-state index contributed by atoms with van der Waals surface area (Å²) in [5.74, 6) is -1.39. The highest BCUT2D eigenvalue weighted by Gasteiger charge is 2.50. The molecule has 0 saturated carbocycles. The van der Waals surface area contributed by atoms with E-state index in [1.807, 2.05) is 0 Å². The van der Waals surface area contributed by atoms with Crippen LogP contribution >= 0.6 is 0 Å². The van der Waals surface area contributed by atoms with E-state index in [9.17, 15) is 26.0 Å². The van der Waals surface area contributed by atoms with Crippen LogP contribution < -0.4 is 13.8 Å². The number of halogens is 1. The maximum atomic E-state index is 13.0. The van der Waals surface area contributed by atoms with Gasteiger partial charge in [0.25, 0.3) is 0 Å². The van der Waals surface area contributed by atoms with Crippen molar-refractivity contribution in [2.24, 2.45) is 5.41 Å². The molecule has 2 aromatic rings. The number of nitrogens with zero attached hydrogens (tertiary/aromatic N) is 1. The Morgan fingerprint density at radius 1 is 1.16 bits per heavy atom. The van der Waals surface area contributed by atoms with Crippen molar-refractivity contribution in [2.75, 3.05) is 23.7 Å². The minimum absolute atomic E-state index is 0.00124. The van der Waals surface area contributed by atoms with Gasteiger partial charge in [-0.05, 0) is 56.2 Å². The van der Waals surface area contributed by atoms with E-state index in [0.29, 0.717) is 10.7 Å². The van der Waals surface area contributed by atoms with Crippen molar-refractivity contribution in [3.05, 3.63) is 53.8 Å². The number of benzene rings is 2. The number of sulfonamides is 2. The number of anilines is 1. The highest BCUT2D eigenvalue weighted by molar-refractivity contribution is 7.94. The van der Waals surface area contributed by atoms with Crippen LogP contribution in [-0.4, -0.2) is 42.2 Å². The van der Waals surface area contributed by atoms with Crippen molar-refractivity contribution in [1.82, 2.24) is 4.72 Å². The first-order valence-corrected chi connectivity index (χ1v) is 12.5. The number of ether oxygens (including phenoxy) is 1. The molecule has 31 heavy (non-hydrogen) atoms. The molecule has 0 aromatic heterocycles. The molecular weight excluding hydrogens is 447 g/mol. The summed E-state index contributed by atoms with van der Waals surface area (Å²) >= 11 is 0. The Bertz CT molecular complexity index is 1210. The number of methoxy groups -OCH3 is 1. The van der Waals surface area contributed by atoms with Gasteiger partial charge in [-0.3, -0.25) is 4.79 Å². The molecule has 1 saturated heterocycles. The molecule has 0 bridgehead atoms. The molecule has 0 radical (unpaired) electrons. The number of hydrogen-bond acceptors (Lipinski definition) is 6. The van der Waals surface area contributed by atoms with E-state index in [2.05, 4.69) is 4.72 Å². The van der Waals surface area contributed by atoms with Gasteiger partial charge in [-0.2, -0.15) is 0 Å². The quantitative estimate of drug-likeness (QED) is 0.663. The Morgan fingerprint density at radius 2 is 1.81 bits per heavy atom. The molecule has 0 unspecified atom stereocenters. The van der Waals surface area contributed by atoms with Gasteiger partial charge in [0.15, 0.2) is 0 Å². The second-order valence-corrected chi connectivity index (χ2v) is 11.4. The zero-order valence-corrected chi connectivity index (χ0v) is 18.9. The van der Waals surface area contributed by atoms with Crippen molar-refractivity contribution in [3.63, 3.8) is 0 Å². The second-order valence-electron chi connectivity index (χ2n) is 7.82. The van der Waals surface area contributed by atoms with Crippen LogP contribution in [-0.2, 0) is 31.3 Å². The first kappa shape index (κ1) is 23.2. The fraction of sp³-hybridized carbons (Fsp3) is 0.350. The molecular formula is C20H23FN2O6S2. The fourth-order valence-corrected chi connectivity index (χ4v) is 6.64. The molecule has 1 amide bonds. The lowest BCUT2D eigenvalue weighted by molar-refractivity contribution is -0.123. The molecule has 0 aliphatic carbocycles. The highest BCUT2D eigenvalue weighted by atomic mass is 32.2. The molecule has 11 heteroatoms. The Kier molecular flexibility index (Phi) is 6.14. The van der Waals surface area contributed by atoms with Crippen molar-refractivity contribution >= 4 is 31.6 Å². The van der Waals surface area contributed by atoms with Crippen LogP contribution in [0.4, 0.5) is 10.1 Å². The predicted octanol–water partition coefficient (Wildman–Crippen LogP) is 2.06. The number of rotatable bonds is 7. The molecule has 1 heterocycles. The minimum Gasteiger partial charge on any atom is -0.495 e. The SMILES string of the molecule is COc1ccc(N2C(=O)C(C)(C)CS2(=O)=O)cc1S(=O)(=O)NCCc1ccc(F)cc1. The first-order chi connectivity index (χ1) is 14.4. The van der Waals surface area contributed by atoms with E-state index in [1.165, 1.54) is 45.2 Å². The summed E-state index contributed by atoms with van der Waals surface area (Å²) in [5.41, 5.74) is -0.457. The number of carbonyl (C=O) groups is 1. The minimum atomic E-state index is -4.10. The third-order valence-electron chi connectivity index (χ3n) is 4.88. The third kappa shape index (κ3) is 4.73. The molecule has 8 nitrogen and oxygen atoms in total. The van der Waals surface area contributed by atoms with Gasteiger partial charge >= 0.3 is 0 Å². The lowest BCUT2D eigenvalue weighted by Gasteiger charge is -2.19. The van der Waals surface area contributed by atoms with Crippen LogP contribution in [0.25, 0.3) is 0 Å². The summed E-state index contributed by atoms with van der Waals surface area (Å²) in [6.45, 7) is 3.06. The monoisotopic (exact) mass is 470 g/mol. The van der Waals surface area contributed by atoms with Crippen molar-refractivity contribution in [3.8, 4) is 5.75 Å².